The zero-order chi connectivity index (χ0) is 9.26. The van der Waals surface area contributed by atoms with E-state index in [0.717, 1.165) is 22.9 Å². The van der Waals surface area contributed by atoms with Crippen molar-refractivity contribution in [3.05, 3.63) is 36.2 Å². The quantitative estimate of drug-likeness (QED) is 0.704. The number of H-pyrrole nitrogens is 1. The number of nitrogens with one attached hydrogen (secondary N) is 1. The number of rotatable bonds is 2. The monoisotopic (exact) mass is 172 g/mol. The Morgan fingerprint density at radius 2 is 2.38 bits per heavy atom. The summed E-state index contributed by atoms with van der Waals surface area (Å²) in [6.07, 6.45) is 4.11. The van der Waals surface area contributed by atoms with Crippen LogP contribution in [-0.4, -0.2) is 16.3 Å². The van der Waals surface area contributed by atoms with Crippen LogP contribution in [0.25, 0.3) is 17.1 Å². The molecule has 0 radical (unpaired) electrons. The number of nitrogens with zero attached hydrogens (tertiary/aromatic N) is 1. The molecule has 2 heterocycles. The molecule has 0 unspecified atom stereocenters. The van der Waals surface area contributed by atoms with Crippen LogP contribution in [-0.2, 0) is 0 Å². The number of carbonyl (C=O) groups is 1. The SMILES string of the molecule is C=Cc1c(C=O)[nH]c2ncccc12. The topological polar surface area (TPSA) is 45.8 Å². The lowest BCUT2D eigenvalue weighted by Gasteiger charge is -1.88. The van der Waals surface area contributed by atoms with Gasteiger partial charge in [0.25, 0.3) is 0 Å². The molecule has 0 amide bonds. The molecule has 0 spiro atoms. The molecule has 3 nitrogen and oxygen atoms in total. The first kappa shape index (κ1) is 7.73. The molecule has 0 aliphatic rings. The minimum absolute atomic E-state index is 0.531. The van der Waals surface area contributed by atoms with Crippen LogP contribution in [0.3, 0.4) is 0 Å². The number of hydrogen-bond acceptors (Lipinski definition) is 2. The van der Waals surface area contributed by atoms with Crippen molar-refractivity contribution < 1.29 is 4.79 Å². The van der Waals surface area contributed by atoms with Gasteiger partial charge in [-0.2, -0.15) is 0 Å². The van der Waals surface area contributed by atoms with Crippen LogP contribution in [0.4, 0.5) is 0 Å². The number of aldehydes is 1. The van der Waals surface area contributed by atoms with E-state index in [1.807, 2.05) is 12.1 Å². The van der Waals surface area contributed by atoms with E-state index in [0.29, 0.717) is 5.69 Å². The van der Waals surface area contributed by atoms with Crippen molar-refractivity contribution in [2.75, 3.05) is 0 Å². The molecule has 2 aromatic rings. The summed E-state index contributed by atoms with van der Waals surface area (Å²) in [5.74, 6) is 0. The number of hydrogen-bond donors (Lipinski definition) is 1. The first-order valence-electron chi connectivity index (χ1n) is 3.91. The molecule has 3 heteroatoms. The Bertz CT molecular complexity index is 471. The van der Waals surface area contributed by atoms with Gasteiger partial charge in [-0.15, -0.1) is 0 Å². The number of pyridine rings is 1. The molecule has 0 bridgehead atoms. The Balaban J connectivity index is 2.88. The maximum absolute atomic E-state index is 10.6. The molecule has 0 saturated carbocycles. The van der Waals surface area contributed by atoms with Gasteiger partial charge in [0.1, 0.15) is 5.65 Å². The minimum atomic E-state index is 0.531. The Morgan fingerprint density at radius 1 is 1.54 bits per heavy atom. The van der Waals surface area contributed by atoms with Crippen LogP contribution in [0.15, 0.2) is 24.9 Å². The van der Waals surface area contributed by atoms with Gasteiger partial charge in [0.05, 0.1) is 5.69 Å². The van der Waals surface area contributed by atoms with Crippen molar-refractivity contribution in [1.29, 1.82) is 0 Å². The van der Waals surface area contributed by atoms with Crippen molar-refractivity contribution >= 4 is 23.4 Å². The summed E-state index contributed by atoms with van der Waals surface area (Å²) in [4.78, 5) is 17.7. The molecule has 0 aromatic carbocycles. The van der Waals surface area contributed by atoms with Gasteiger partial charge in [0.2, 0.25) is 0 Å². The second kappa shape index (κ2) is 2.86. The summed E-state index contributed by atoms with van der Waals surface area (Å²) in [6, 6.07) is 3.74. The maximum Gasteiger partial charge on any atom is 0.166 e. The second-order valence-corrected chi connectivity index (χ2v) is 2.67. The number of aromatic nitrogens is 2. The molecule has 13 heavy (non-hydrogen) atoms. The van der Waals surface area contributed by atoms with E-state index >= 15 is 0 Å². The lowest BCUT2D eigenvalue weighted by Crippen LogP contribution is -1.80. The fraction of sp³-hybridized carbons (Fsp3) is 0. The molecule has 64 valence electrons. The molecule has 2 aromatic heterocycles. The van der Waals surface area contributed by atoms with Gasteiger partial charge in [-0.1, -0.05) is 12.7 Å². The maximum atomic E-state index is 10.6. The summed E-state index contributed by atoms with van der Waals surface area (Å²) >= 11 is 0. The number of aromatic amines is 1. The van der Waals surface area contributed by atoms with E-state index in [1.54, 1.807) is 12.3 Å². The van der Waals surface area contributed by atoms with E-state index in [-0.39, 0.29) is 0 Å². The van der Waals surface area contributed by atoms with E-state index in [2.05, 4.69) is 16.5 Å². The van der Waals surface area contributed by atoms with E-state index in [1.165, 1.54) is 0 Å². The van der Waals surface area contributed by atoms with Crippen LogP contribution >= 0.6 is 0 Å². The highest BCUT2D eigenvalue weighted by Crippen LogP contribution is 2.20. The standard InChI is InChI=1S/C10H8N2O/c1-2-7-8-4-3-5-11-10(8)12-9(7)6-13/h2-6H,1H2,(H,11,12). The van der Waals surface area contributed by atoms with Gasteiger partial charge in [0, 0.05) is 17.1 Å². The smallest absolute Gasteiger partial charge is 0.166 e. The van der Waals surface area contributed by atoms with Crippen LogP contribution < -0.4 is 0 Å². The molecule has 0 fully saturated rings. The van der Waals surface area contributed by atoms with Crippen molar-refractivity contribution in [3.8, 4) is 0 Å². The highest BCUT2D eigenvalue weighted by molar-refractivity contribution is 5.95. The predicted molar refractivity (Wildman–Crippen MR) is 51.6 cm³/mol. The number of fused-ring (bicyclic) bond motifs is 1. The molecule has 2 rings (SSSR count). The van der Waals surface area contributed by atoms with Gasteiger partial charge in [-0.3, -0.25) is 4.79 Å². The molecule has 0 atom stereocenters. The molecule has 0 aliphatic carbocycles. The van der Waals surface area contributed by atoms with E-state index < -0.39 is 0 Å². The molecular formula is C10H8N2O. The Morgan fingerprint density at radius 3 is 3.08 bits per heavy atom. The predicted octanol–water partition coefficient (Wildman–Crippen LogP) is 2.02. The van der Waals surface area contributed by atoms with Crippen LogP contribution in [0.1, 0.15) is 16.1 Å². The van der Waals surface area contributed by atoms with E-state index in [9.17, 15) is 4.79 Å². The summed E-state index contributed by atoms with van der Waals surface area (Å²) < 4.78 is 0. The average molecular weight is 172 g/mol. The van der Waals surface area contributed by atoms with Crippen molar-refractivity contribution in [2.45, 2.75) is 0 Å². The summed E-state index contributed by atoms with van der Waals surface area (Å²) in [7, 11) is 0. The van der Waals surface area contributed by atoms with Gasteiger partial charge >= 0.3 is 0 Å². The summed E-state index contributed by atoms with van der Waals surface area (Å²) in [5, 5.41) is 0.930. The first-order valence-corrected chi connectivity index (χ1v) is 3.91. The third-order valence-electron chi connectivity index (χ3n) is 1.96. The lowest BCUT2D eigenvalue weighted by atomic mass is 10.2. The second-order valence-electron chi connectivity index (χ2n) is 2.67. The molecule has 1 N–H and O–H groups in total. The average Bonchev–Trinajstić information content (AvgIpc) is 2.55. The fourth-order valence-corrected chi connectivity index (χ4v) is 1.38. The highest BCUT2D eigenvalue weighted by Gasteiger charge is 2.07. The molecular weight excluding hydrogens is 164 g/mol. The Hall–Kier alpha value is -1.90. The van der Waals surface area contributed by atoms with Crippen molar-refractivity contribution in [1.82, 2.24) is 9.97 Å². The molecule has 0 saturated heterocycles. The largest absolute Gasteiger partial charge is 0.337 e. The van der Waals surface area contributed by atoms with Gasteiger partial charge in [0.15, 0.2) is 6.29 Å². The summed E-state index contributed by atoms with van der Waals surface area (Å²) in [6.45, 7) is 3.66. The third kappa shape index (κ3) is 1.05. The Labute approximate surface area is 75.1 Å². The van der Waals surface area contributed by atoms with E-state index in [4.69, 9.17) is 0 Å². The molecule has 0 aliphatic heterocycles. The van der Waals surface area contributed by atoms with Crippen LogP contribution in [0.2, 0.25) is 0 Å². The first-order chi connectivity index (χ1) is 6.36. The summed E-state index contributed by atoms with van der Waals surface area (Å²) in [5.41, 5.74) is 2.07. The highest BCUT2D eigenvalue weighted by atomic mass is 16.1. The fourth-order valence-electron chi connectivity index (χ4n) is 1.38. The minimum Gasteiger partial charge on any atom is -0.337 e. The zero-order valence-corrected chi connectivity index (χ0v) is 6.95. The lowest BCUT2D eigenvalue weighted by molar-refractivity contribution is 0.111. The van der Waals surface area contributed by atoms with Gasteiger partial charge < -0.3 is 4.98 Å². The van der Waals surface area contributed by atoms with Crippen LogP contribution in [0, 0.1) is 0 Å². The third-order valence-corrected chi connectivity index (χ3v) is 1.96. The normalized spacial score (nSPS) is 10.2. The van der Waals surface area contributed by atoms with Crippen molar-refractivity contribution in [2.24, 2.45) is 0 Å². The zero-order valence-electron chi connectivity index (χ0n) is 6.95. The van der Waals surface area contributed by atoms with Crippen LogP contribution in [0.5, 0.6) is 0 Å². The Kier molecular flexibility index (Phi) is 1.70. The van der Waals surface area contributed by atoms with Crippen molar-refractivity contribution in [3.63, 3.8) is 0 Å². The van der Waals surface area contributed by atoms with Gasteiger partial charge in [-0.05, 0) is 12.1 Å². The van der Waals surface area contributed by atoms with Gasteiger partial charge in [-0.25, -0.2) is 4.98 Å². The number of carbonyl (C=O) groups excluding carboxylic acids is 1.